The number of carbonyl (C=O) groups excluding carboxylic acids is 1. The van der Waals surface area contributed by atoms with E-state index in [1.54, 1.807) is 0 Å². The third-order valence-electron chi connectivity index (χ3n) is 5.34. The van der Waals surface area contributed by atoms with Gasteiger partial charge >= 0.3 is 12.3 Å². The number of alkyl halides is 3. The summed E-state index contributed by atoms with van der Waals surface area (Å²) in [5, 5.41) is 9.74. The highest BCUT2D eigenvalue weighted by Gasteiger charge is 2.66. The number of hydrogen-bond donors (Lipinski definition) is 3. The van der Waals surface area contributed by atoms with Crippen LogP contribution in [0, 0.1) is 11.7 Å². The number of carboxylic acid groups (broad SMARTS) is 1. The summed E-state index contributed by atoms with van der Waals surface area (Å²) < 4.78 is 60.9. The van der Waals surface area contributed by atoms with Gasteiger partial charge in [-0.05, 0) is 39.0 Å². The van der Waals surface area contributed by atoms with Crippen LogP contribution in [-0.4, -0.2) is 64.3 Å². The summed E-state index contributed by atoms with van der Waals surface area (Å²) in [5.74, 6) is -4.44. The largest absolute Gasteiger partial charge is 0.465 e. The van der Waals surface area contributed by atoms with E-state index in [9.17, 15) is 32.3 Å². The van der Waals surface area contributed by atoms with Crippen LogP contribution in [0.4, 0.5) is 28.0 Å². The Morgan fingerprint density at radius 1 is 1.34 bits per heavy atom. The van der Waals surface area contributed by atoms with Crippen LogP contribution in [0.25, 0.3) is 0 Å². The second-order valence-electron chi connectivity index (χ2n) is 8.51. The third-order valence-corrected chi connectivity index (χ3v) is 5.34. The maximum atomic E-state index is 14.8. The lowest BCUT2D eigenvalue weighted by molar-refractivity contribution is -0.218. The fourth-order valence-electron chi connectivity index (χ4n) is 3.99. The summed E-state index contributed by atoms with van der Waals surface area (Å²) in [7, 11) is 1.12. The second-order valence-corrected chi connectivity index (χ2v) is 8.51. The molecule has 0 spiro atoms. The zero-order valence-electron chi connectivity index (χ0n) is 17.9. The summed E-state index contributed by atoms with van der Waals surface area (Å²) in [4.78, 5) is 30.9. The number of ether oxygens (including phenoxy) is 1. The van der Waals surface area contributed by atoms with Gasteiger partial charge in [0.2, 0.25) is 11.9 Å². The number of hydrogen-bond acceptors (Lipinski definition) is 6. The van der Waals surface area contributed by atoms with E-state index in [2.05, 4.69) is 4.99 Å². The number of anilines is 1. The van der Waals surface area contributed by atoms with Crippen molar-refractivity contribution in [3.63, 3.8) is 0 Å². The van der Waals surface area contributed by atoms with E-state index >= 15 is 0 Å². The molecule has 0 aliphatic carbocycles. The first-order chi connectivity index (χ1) is 14.1. The Kier molecular flexibility index (Phi) is 6.24. The first kappa shape index (κ1) is 25.3. The van der Waals surface area contributed by atoms with Crippen LogP contribution < -0.4 is 11.9 Å². The molecule has 1 fully saturated rings. The lowest BCUT2D eigenvalue weighted by Crippen LogP contribution is -2.63. The van der Waals surface area contributed by atoms with Crippen molar-refractivity contribution >= 4 is 23.6 Å². The molecule has 0 aromatic heterocycles. The zero-order chi connectivity index (χ0) is 23.5. The summed E-state index contributed by atoms with van der Waals surface area (Å²) in [5.41, 5.74) is 2.12. The van der Waals surface area contributed by atoms with Crippen molar-refractivity contribution in [2.24, 2.45) is 10.9 Å². The maximum absolute atomic E-state index is 14.8. The molecule has 13 heteroatoms. The monoisotopic (exact) mass is 463 g/mol. The molecule has 2 aliphatic rings. The van der Waals surface area contributed by atoms with E-state index in [4.69, 9.17) is 10.5 Å². The van der Waals surface area contributed by atoms with Gasteiger partial charge in [-0.25, -0.2) is 19.1 Å². The molecule has 0 radical (unpaired) electrons. The molecule has 9 nitrogen and oxygen atoms in total. The molecule has 3 atom stereocenters. The predicted octanol–water partition coefficient (Wildman–Crippen LogP) is 2.95. The van der Waals surface area contributed by atoms with Crippen molar-refractivity contribution in [2.75, 3.05) is 19.4 Å². The predicted molar refractivity (Wildman–Crippen MR) is 107 cm³/mol. The Bertz CT molecular complexity index is 962. The number of aliphatic imine (C=N–C) groups is 1. The fraction of sp³-hybridized carbons (Fsp3) is 0.526. The van der Waals surface area contributed by atoms with Gasteiger partial charge in [0.15, 0.2) is 6.10 Å². The van der Waals surface area contributed by atoms with E-state index < -0.39 is 59.7 Å². The molecule has 2 heterocycles. The van der Waals surface area contributed by atoms with E-state index in [0.29, 0.717) is 0 Å². The molecule has 0 saturated carbocycles. The van der Waals surface area contributed by atoms with Gasteiger partial charge in [0.05, 0.1) is 6.61 Å². The lowest BCUT2D eigenvalue weighted by atomic mass is 9.75. The van der Waals surface area contributed by atoms with Crippen molar-refractivity contribution in [3.8, 4) is 0 Å². The Morgan fingerprint density at radius 2 is 1.94 bits per heavy atom. The standard InChI is InChI=1S/C19H22F4N4O4.H3N/c1-17(2,3)27(16(29)30)15-25-18(10-7-9(24)5-6-11(10)20)8-31-13(19(21,22)23)12(18)14(28)26(15)4;/h5-7,12-13H,8,24H2,1-4H3,(H,29,30);1H3/t12-,13-,18+;/m0./s1. The highest BCUT2D eigenvalue weighted by atomic mass is 19.4. The number of amides is 2. The Balaban J connectivity index is 0.00000363. The minimum atomic E-state index is -4.94. The average Bonchev–Trinajstić information content (AvgIpc) is 3.01. The molecule has 32 heavy (non-hydrogen) atoms. The van der Waals surface area contributed by atoms with Crippen LogP contribution in [0.5, 0.6) is 0 Å². The highest BCUT2D eigenvalue weighted by Crippen LogP contribution is 2.51. The van der Waals surface area contributed by atoms with Gasteiger partial charge in [0.25, 0.3) is 0 Å². The molecule has 178 valence electrons. The van der Waals surface area contributed by atoms with Gasteiger partial charge in [-0.1, -0.05) is 0 Å². The van der Waals surface area contributed by atoms with Gasteiger partial charge < -0.3 is 21.7 Å². The van der Waals surface area contributed by atoms with Crippen molar-refractivity contribution in [3.05, 3.63) is 29.6 Å². The Hall–Kier alpha value is -2.93. The van der Waals surface area contributed by atoms with E-state index in [-0.39, 0.29) is 17.4 Å². The van der Waals surface area contributed by atoms with E-state index in [0.717, 1.165) is 29.0 Å². The molecule has 1 aromatic carbocycles. The first-order valence-corrected chi connectivity index (χ1v) is 9.25. The second kappa shape index (κ2) is 7.89. The smallest absolute Gasteiger partial charge is 0.415 e. The quantitative estimate of drug-likeness (QED) is 0.432. The molecule has 0 bridgehead atoms. The van der Waals surface area contributed by atoms with Gasteiger partial charge in [-0.3, -0.25) is 9.69 Å². The number of rotatable bonds is 1. The minimum Gasteiger partial charge on any atom is -0.465 e. The van der Waals surface area contributed by atoms with E-state index in [1.165, 1.54) is 26.8 Å². The molecule has 3 rings (SSSR count). The van der Waals surface area contributed by atoms with Gasteiger partial charge in [-0.15, -0.1) is 0 Å². The van der Waals surface area contributed by atoms with Crippen LogP contribution in [0.15, 0.2) is 23.2 Å². The van der Waals surface area contributed by atoms with Crippen LogP contribution in [0.1, 0.15) is 26.3 Å². The topological polar surface area (TPSA) is 143 Å². The SMILES string of the molecule is CN1C(=O)[C@@H]2[C@@H](C(F)(F)F)OC[C@]2(c2cc(N)ccc2F)N=C1N(C(=O)O)C(C)(C)C.N. The zero-order valence-corrected chi connectivity index (χ0v) is 17.9. The summed E-state index contributed by atoms with van der Waals surface area (Å²) in [6, 6.07) is 3.25. The van der Waals surface area contributed by atoms with Gasteiger partial charge in [-0.2, -0.15) is 13.2 Å². The van der Waals surface area contributed by atoms with Crippen LogP contribution in [0.2, 0.25) is 0 Å². The van der Waals surface area contributed by atoms with Crippen molar-refractivity contribution in [1.29, 1.82) is 0 Å². The van der Waals surface area contributed by atoms with Gasteiger partial charge in [0.1, 0.15) is 17.3 Å². The number of nitrogens with two attached hydrogens (primary N) is 1. The van der Waals surface area contributed by atoms with Crippen molar-refractivity contribution in [2.45, 2.75) is 44.1 Å². The van der Waals surface area contributed by atoms with Crippen molar-refractivity contribution in [1.82, 2.24) is 16.0 Å². The number of nitrogen functional groups attached to an aromatic ring is 1. The molecule has 2 amide bonds. The normalized spacial score (nSPS) is 25.7. The molecular formula is C19H25F4N5O4. The Labute approximate surface area is 181 Å². The number of benzene rings is 1. The minimum absolute atomic E-state index is 0. The van der Waals surface area contributed by atoms with Crippen LogP contribution >= 0.6 is 0 Å². The molecule has 1 aromatic rings. The molecule has 2 aliphatic heterocycles. The Morgan fingerprint density at radius 3 is 2.44 bits per heavy atom. The number of fused-ring (bicyclic) bond motifs is 1. The third kappa shape index (κ3) is 3.86. The molecule has 1 saturated heterocycles. The van der Waals surface area contributed by atoms with Gasteiger partial charge in [0, 0.05) is 23.8 Å². The molecular weight excluding hydrogens is 438 g/mol. The molecule has 0 unspecified atom stereocenters. The summed E-state index contributed by atoms with van der Waals surface area (Å²) in [6.07, 6.45) is -8.98. The number of nitrogens with zero attached hydrogens (tertiary/aromatic N) is 3. The average molecular weight is 463 g/mol. The maximum Gasteiger partial charge on any atom is 0.415 e. The highest BCUT2D eigenvalue weighted by molar-refractivity contribution is 6.06. The number of guanidine groups is 1. The number of carbonyl (C=O) groups is 2. The molecule has 6 N–H and O–H groups in total. The number of halogens is 4. The van der Waals surface area contributed by atoms with E-state index in [1.807, 2.05) is 0 Å². The van der Waals surface area contributed by atoms with Crippen LogP contribution in [-0.2, 0) is 15.1 Å². The fourth-order valence-corrected chi connectivity index (χ4v) is 3.99. The van der Waals surface area contributed by atoms with Crippen LogP contribution in [0.3, 0.4) is 0 Å². The summed E-state index contributed by atoms with van der Waals surface area (Å²) in [6.45, 7) is 3.77. The lowest BCUT2D eigenvalue weighted by Gasteiger charge is -2.44. The first-order valence-electron chi connectivity index (χ1n) is 9.25. The van der Waals surface area contributed by atoms with Crippen molar-refractivity contribution < 1.29 is 37.0 Å². The summed E-state index contributed by atoms with van der Waals surface area (Å²) >= 11 is 0.